The highest BCUT2D eigenvalue weighted by atomic mass is 32.3. The van der Waals surface area contributed by atoms with Crippen LogP contribution in [0.2, 0.25) is 0 Å². The lowest BCUT2D eigenvalue weighted by Crippen LogP contribution is -2.37. The molecule has 1 aliphatic heterocycles. The lowest BCUT2D eigenvalue weighted by molar-refractivity contribution is -0.0540. The first-order chi connectivity index (χ1) is 11.4. The van der Waals surface area contributed by atoms with Crippen LogP contribution in [0, 0.1) is 0 Å². The Labute approximate surface area is 138 Å². The molecule has 1 aliphatic rings. The zero-order chi connectivity index (χ0) is 19.0. The van der Waals surface area contributed by atoms with E-state index in [4.69, 9.17) is 14.2 Å². The van der Waals surface area contributed by atoms with Gasteiger partial charge in [0.15, 0.2) is 6.23 Å². The molecule has 1 fully saturated rings. The molecule has 0 aliphatic carbocycles. The van der Waals surface area contributed by atoms with Gasteiger partial charge in [0, 0.05) is 12.3 Å². The van der Waals surface area contributed by atoms with Crippen molar-refractivity contribution in [1.29, 1.82) is 0 Å². The van der Waals surface area contributed by atoms with Crippen molar-refractivity contribution in [2.24, 2.45) is 0 Å². The minimum atomic E-state index is -5.29. The van der Waals surface area contributed by atoms with E-state index in [0.29, 0.717) is 0 Å². The molecule has 1 unspecified atom stereocenters. The molecule has 0 bridgehead atoms. The van der Waals surface area contributed by atoms with Gasteiger partial charge in [-0.1, -0.05) is 0 Å². The lowest BCUT2D eigenvalue weighted by atomic mass is 10.1. The van der Waals surface area contributed by atoms with Gasteiger partial charge >= 0.3 is 23.9 Å². The predicted molar refractivity (Wildman–Crippen MR) is 75.7 cm³/mol. The molecule has 1 aromatic heterocycles. The zero-order valence-electron chi connectivity index (χ0n) is 12.0. The van der Waals surface area contributed by atoms with Crippen LogP contribution in [0.5, 0.6) is 0 Å². The maximum Gasteiger partial charge on any atom is 0.488 e. The summed E-state index contributed by atoms with van der Waals surface area (Å²) in [6.07, 6.45) is -5.33. The van der Waals surface area contributed by atoms with Gasteiger partial charge in [0.1, 0.15) is 18.3 Å². The molecule has 0 amide bonds. The number of aromatic nitrogens is 2. The zero-order valence-corrected chi connectivity index (χ0v) is 13.7. The molecule has 0 spiro atoms. The maximum atomic E-state index is 11.7. The fraction of sp³-hybridized carbons (Fsp3) is 0.556. The molecule has 2 rings (SSSR count). The third kappa shape index (κ3) is 5.04. The number of H-pyrrole nitrogens is 1. The number of nitrogens with zero attached hydrogens (tertiary/aromatic N) is 1. The minimum Gasteiger partial charge on any atom is -0.387 e. The highest BCUT2D eigenvalue weighted by Crippen LogP contribution is 2.45. The van der Waals surface area contributed by atoms with Crippen molar-refractivity contribution in [3.8, 4) is 0 Å². The summed E-state index contributed by atoms with van der Waals surface area (Å²) < 4.78 is 54.0. The summed E-state index contributed by atoms with van der Waals surface area (Å²) in [5.41, 5.74) is -1.66. The molecule has 142 valence electrons. The normalized spacial score (nSPS) is 29.4. The SMILES string of the molecule is O=c1ccn([C@@H]2O[C@H](COP(=O)(O)OS(=O)(=O)O)[C@@H](O)[C@H]2O)c(=O)[nH]1. The van der Waals surface area contributed by atoms with Crippen LogP contribution in [0.4, 0.5) is 0 Å². The summed E-state index contributed by atoms with van der Waals surface area (Å²) in [6.45, 7) is -0.934. The Morgan fingerprint density at radius 3 is 2.52 bits per heavy atom. The van der Waals surface area contributed by atoms with Gasteiger partial charge in [0.25, 0.3) is 5.56 Å². The molecule has 0 aromatic carbocycles. The van der Waals surface area contributed by atoms with E-state index in [0.717, 1.165) is 16.8 Å². The number of hydrogen-bond acceptors (Lipinski definition) is 10. The van der Waals surface area contributed by atoms with Gasteiger partial charge < -0.3 is 19.8 Å². The van der Waals surface area contributed by atoms with Crippen LogP contribution in [-0.4, -0.2) is 62.5 Å². The number of rotatable bonds is 6. The third-order valence-electron chi connectivity index (χ3n) is 3.05. The van der Waals surface area contributed by atoms with E-state index in [1.807, 2.05) is 4.98 Å². The molecular formula is C9H13N2O12PS. The van der Waals surface area contributed by atoms with Gasteiger partial charge in [-0.2, -0.15) is 8.42 Å². The molecule has 0 saturated carbocycles. The van der Waals surface area contributed by atoms with Crippen LogP contribution in [0.25, 0.3) is 0 Å². The Morgan fingerprint density at radius 1 is 1.32 bits per heavy atom. The van der Waals surface area contributed by atoms with Gasteiger partial charge in [-0.3, -0.25) is 23.4 Å². The predicted octanol–water partition coefficient (Wildman–Crippen LogP) is -2.91. The van der Waals surface area contributed by atoms with E-state index in [2.05, 4.69) is 8.49 Å². The Morgan fingerprint density at radius 2 is 1.96 bits per heavy atom. The van der Waals surface area contributed by atoms with Crippen molar-refractivity contribution in [2.45, 2.75) is 24.5 Å². The largest absolute Gasteiger partial charge is 0.488 e. The summed E-state index contributed by atoms with van der Waals surface area (Å²) in [7, 11) is -10.5. The second-order valence-corrected chi connectivity index (χ2v) is 7.48. The van der Waals surface area contributed by atoms with E-state index in [9.17, 15) is 32.8 Å². The Kier molecular flexibility index (Phi) is 5.62. The van der Waals surface area contributed by atoms with Crippen LogP contribution in [0.3, 0.4) is 0 Å². The molecule has 1 saturated heterocycles. The first-order valence-electron chi connectivity index (χ1n) is 6.39. The second-order valence-electron chi connectivity index (χ2n) is 4.83. The molecule has 25 heavy (non-hydrogen) atoms. The molecular weight excluding hydrogens is 391 g/mol. The Bertz CT molecular complexity index is 892. The maximum absolute atomic E-state index is 11.7. The van der Waals surface area contributed by atoms with Gasteiger partial charge in [0.05, 0.1) is 6.61 Å². The van der Waals surface area contributed by atoms with Crippen LogP contribution >= 0.6 is 7.82 Å². The van der Waals surface area contributed by atoms with E-state index in [-0.39, 0.29) is 0 Å². The van der Waals surface area contributed by atoms with Crippen molar-refractivity contribution in [3.63, 3.8) is 0 Å². The number of phosphoric acid groups is 1. The number of ether oxygens (including phenoxy) is 1. The molecule has 0 radical (unpaired) electrons. The van der Waals surface area contributed by atoms with Crippen LogP contribution in [0.15, 0.2) is 21.9 Å². The number of aliphatic hydroxyl groups excluding tert-OH is 2. The van der Waals surface area contributed by atoms with Gasteiger partial charge in [-0.25, -0.2) is 9.36 Å². The highest BCUT2D eigenvalue weighted by Gasteiger charge is 2.45. The van der Waals surface area contributed by atoms with E-state index >= 15 is 0 Å². The summed E-state index contributed by atoms with van der Waals surface area (Å²) in [5, 5.41) is 19.8. The third-order valence-corrected chi connectivity index (χ3v) is 5.04. The minimum absolute atomic E-state index is 0.710. The van der Waals surface area contributed by atoms with Crippen molar-refractivity contribution in [2.75, 3.05) is 6.61 Å². The van der Waals surface area contributed by atoms with E-state index < -0.39 is 60.6 Å². The Hall–Kier alpha value is -1.42. The lowest BCUT2D eigenvalue weighted by Gasteiger charge is -2.17. The van der Waals surface area contributed by atoms with Crippen molar-refractivity contribution in [1.82, 2.24) is 9.55 Å². The van der Waals surface area contributed by atoms with E-state index in [1.165, 1.54) is 0 Å². The molecule has 14 nitrogen and oxygen atoms in total. The second kappa shape index (κ2) is 7.06. The summed E-state index contributed by atoms with van der Waals surface area (Å²) in [5.74, 6) is 0. The average Bonchev–Trinajstić information content (AvgIpc) is 2.71. The van der Waals surface area contributed by atoms with Crippen LogP contribution in [0.1, 0.15) is 6.23 Å². The standard InChI is InChI=1S/C9H13N2O12PS/c12-5-1-2-11(9(15)10-5)8-7(14)6(13)4(22-8)3-21-24(16,17)23-25(18,19)20/h1-2,4,6-8,13-14H,3H2,(H,16,17)(H,10,12,15)(H,18,19,20)/t4-,6-,7-,8-/m1/s1. The number of phosphoric ester groups is 1. The summed E-state index contributed by atoms with van der Waals surface area (Å²) >= 11 is 0. The first kappa shape index (κ1) is 19.9. The quantitative estimate of drug-likeness (QED) is 0.238. The number of aliphatic hydroxyl groups is 2. The number of nitrogens with one attached hydrogen (secondary N) is 1. The van der Waals surface area contributed by atoms with Gasteiger partial charge in [-0.15, -0.1) is 3.97 Å². The monoisotopic (exact) mass is 404 g/mol. The number of hydrogen-bond donors (Lipinski definition) is 5. The fourth-order valence-electron chi connectivity index (χ4n) is 2.03. The summed E-state index contributed by atoms with van der Waals surface area (Å²) in [6, 6.07) is 0.954. The first-order valence-corrected chi connectivity index (χ1v) is 9.25. The van der Waals surface area contributed by atoms with Crippen molar-refractivity contribution in [3.05, 3.63) is 33.1 Å². The van der Waals surface area contributed by atoms with E-state index in [1.54, 1.807) is 0 Å². The average molecular weight is 404 g/mol. The van der Waals surface area contributed by atoms with Crippen molar-refractivity contribution < 1.29 is 45.9 Å². The molecule has 16 heteroatoms. The van der Waals surface area contributed by atoms with Crippen LogP contribution < -0.4 is 11.2 Å². The molecule has 1 aromatic rings. The molecule has 5 N–H and O–H groups in total. The van der Waals surface area contributed by atoms with Crippen molar-refractivity contribution >= 4 is 18.2 Å². The smallest absolute Gasteiger partial charge is 0.387 e. The topological polar surface area (TPSA) is 215 Å². The van der Waals surface area contributed by atoms with Gasteiger partial charge in [0.2, 0.25) is 0 Å². The fourth-order valence-corrected chi connectivity index (χ4v) is 3.49. The van der Waals surface area contributed by atoms with Crippen LogP contribution in [-0.2, 0) is 28.2 Å². The summed E-state index contributed by atoms with van der Waals surface area (Å²) in [4.78, 5) is 33.7. The highest BCUT2D eigenvalue weighted by molar-refractivity contribution is 7.85. The Balaban J connectivity index is 2.11. The molecule has 2 heterocycles. The number of aromatic amines is 1. The molecule has 5 atom stereocenters. The van der Waals surface area contributed by atoms with Gasteiger partial charge in [-0.05, 0) is 0 Å².